The Kier molecular flexibility index (Phi) is 4.45. The van der Waals surface area contributed by atoms with Crippen LogP contribution in [0.2, 0.25) is 0 Å². The predicted molar refractivity (Wildman–Crippen MR) is 98.0 cm³/mol. The topological polar surface area (TPSA) is 54.6 Å². The Hall–Kier alpha value is -2.14. The van der Waals surface area contributed by atoms with Crippen LogP contribution < -0.4 is 0 Å². The highest BCUT2D eigenvalue weighted by Crippen LogP contribution is 2.35. The van der Waals surface area contributed by atoms with E-state index in [1.165, 1.54) is 16.9 Å². The third-order valence-electron chi connectivity index (χ3n) is 4.37. The summed E-state index contributed by atoms with van der Waals surface area (Å²) in [6.07, 6.45) is 0.899. The quantitative estimate of drug-likeness (QED) is 0.732. The Labute approximate surface area is 145 Å². The molecule has 0 aliphatic carbocycles. The second-order valence-electron chi connectivity index (χ2n) is 6.34. The highest BCUT2D eigenvalue weighted by molar-refractivity contribution is 7.17. The molecule has 0 saturated heterocycles. The van der Waals surface area contributed by atoms with E-state index >= 15 is 0 Å². The van der Waals surface area contributed by atoms with Crippen LogP contribution in [0.5, 0.6) is 0 Å². The molecule has 0 fully saturated rings. The van der Waals surface area contributed by atoms with Crippen LogP contribution in [0.3, 0.4) is 0 Å². The van der Waals surface area contributed by atoms with Crippen molar-refractivity contribution in [3.05, 3.63) is 46.1 Å². The Morgan fingerprint density at radius 3 is 2.50 bits per heavy atom. The maximum atomic E-state index is 11.3. The van der Waals surface area contributed by atoms with E-state index in [0.29, 0.717) is 5.92 Å². The summed E-state index contributed by atoms with van der Waals surface area (Å²) in [7, 11) is 0. The lowest BCUT2D eigenvalue weighted by Gasteiger charge is -2.09. The number of benzene rings is 1. The number of nitrogens with zero attached hydrogens (tertiary/aromatic N) is 2. The number of thiazole rings is 1. The molecule has 0 aliphatic heterocycles. The number of aromatic nitrogens is 2. The van der Waals surface area contributed by atoms with E-state index in [0.717, 1.165) is 38.9 Å². The minimum absolute atomic E-state index is 0.0240. The van der Waals surface area contributed by atoms with E-state index < -0.39 is 5.97 Å². The Morgan fingerprint density at radius 1 is 1.29 bits per heavy atom. The molecule has 0 unspecified atom stereocenters. The van der Waals surface area contributed by atoms with Crippen molar-refractivity contribution in [2.75, 3.05) is 0 Å². The molecule has 2 heterocycles. The van der Waals surface area contributed by atoms with Crippen molar-refractivity contribution in [2.45, 2.75) is 46.5 Å². The van der Waals surface area contributed by atoms with Crippen molar-refractivity contribution < 1.29 is 9.90 Å². The zero-order valence-electron chi connectivity index (χ0n) is 14.5. The van der Waals surface area contributed by atoms with Gasteiger partial charge in [-0.15, -0.1) is 11.3 Å². The number of carboxylic acids is 1. The summed E-state index contributed by atoms with van der Waals surface area (Å²) < 4.78 is 2.12. The summed E-state index contributed by atoms with van der Waals surface area (Å²) in [5.74, 6) is -0.338. The Bertz CT molecular complexity index is 888. The van der Waals surface area contributed by atoms with Gasteiger partial charge in [-0.3, -0.25) is 9.20 Å². The van der Waals surface area contributed by atoms with Crippen LogP contribution in [-0.2, 0) is 17.6 Å². The average molecular weight is 342 g/mol. The maximum Gasteiger partial charge on any atom is 0.308 e. The molecule has 0 aliphatic rings. The van der Waals surface area contributed by atoms with Crippen LogP contribution in [0, 0.1) is 6.92 Å². The van der Waals surface area contributed by atoms with Gasteiger partial charge in [-0.25, -0.2) is 4.98 Å². The highest BCUT2D eigenvalue weighted by atomic mass is 32.1. The van der Waals surface area contributed by atoms with Gasteiger partial charge in [0.05, 0.1) is 17.8 Å². The van der Waals surface area contributed by atoms with Crippen molar-refractivity contribution >= 4 is 22.3 Å². The van der Waals surface area contributed by atoms with Crippen molar-refractivity contribution in [3.63, 3.8) is 0 Å². The molecule has 0 spiro atoms. The van der Waals surface area contributed by atoms with E-state index in [-0.39, 0.29) is 6.42 Å². The molecule has 3 rings (SSSR count). The number of rotatable bonds is 5. The van der Waals surface area contributed by atoms with Crippen LogP contribution >= 0.6 is 11.3 Å². The van der Waals surface area contributed by atoms with Gasteiger partial charge in [0.1, 0.15) is 0 Å². The molecular formula is C19H22N2O2S. The van der Waals surface area contributed by atoms with Crippen LogP contribution in [0.15, 0.2) is 24.3 Å². The number of imidazole rings is 1. The van der Waals surface area contributed by atoms with Crippen molar-refractivity contribution in [1.82, 2.24) is 9.38 Å². The van der Waals surface area contributed by atoms with Crippen LogP contribution in [0.25, 0.3) is 16.2 Å². The van der Waals surface area contributed by atoms with E-state index in [4.69, 9.17) is 0 Å². The fraction of sp³-hybridized carbons (Fsp3) is 0.368. The molecule has 0 amide bonds. The smallest absolute Gasteiger partial charge is 0.308 e. The van der Waals surface area contributed by atoms with Crippen LogP contribution in [0.4, 0.5) is 0 Å². The fourth-order valence-corrected chi connectivity index (χ4v) is 4.24. The van der Waals surface area contributed by atoms with Gasteiger partial charge in [0, 0.05) is 10.6 Å². The standard InChI is InChI=1S/C19H22N2O2S/c1-5-15-12(4)21-18(14-8-6-13(7-9-14)11(2)3)16(10-17(22)23)24-19(21)20-15/h6-9,11H,5,10H2,1-4H3,(H,22,23). The van der Waals surface area contributed by atoms with Gasteiger partial charge in [-0.05, 0) is 30.4 Å². The van der Waals surface area contributed by atoms with Crippen molar-refractivity contribution in [3.8, 4) is 11.3 Å². The molecule has 4 nitrogen and oxygen atoms in total. The Morgan fingerprint density at radius 2 is 1.96 bits per heavy atom. The number of carbonyl (C=O) groups is 1. The highest BCUT2D eigenvalue weighted by Gasteiger charge is 2.20. The van der Waals surface area contributed by atoms with Gasteiger partial charge >= 0.3 is 5.97 Å². The number of hydrogen-bond donors (Lipinski definition) is 1. The summed E-state index contributed by atoms with van der Waals surface area (Å²) in [5.41, 5.74) is 5.47. The predicted octanol–water partition coefficient (Wildman–Crippen LogP) is 4.68. The third kappa shape index (κ3) is 2.84. The molecule has 0 bridgehead atoms. The monoisotopic (exact) mass is 342 g/mol. The van der Waals surface area contributed by atoms with E-state index in [2.05, 4.69) is 61.3 Å². The molecule has 0 atom stereocenters. The second-order valence-corrected chi connectivity index (χ2v) is 7.40. The summed E-state index contributed by atoms with van der Waals surface area (Å²) in [6, 6.07) is 8.43. The normalized spacial score (nSPS) is 11.5. The lowest BCUT2D eigenvalue weighted by molar-refractivity contribution is -0.136. The first kappa shape index (κ1) is 16.7. The van der Waals surface area contributed by atoms with Gasteiger partial charge in [0.15, 0.2) is 4.96 Å². The van der Waals surface area contributed by atoms with Crippen molar-refractivity contribution in [2.24, 2.45) is 0 Å². The summed E-state index contributed by atoms with van der Waals surface area (Å²) in [6.45, 7) is 8.49. The second kappa shape index (κ2) is 6.40. The molecule has 24 heavy (non-hydrogen) atoms. The zero-order chi connectivity index (χ0) is 17.4. The third-order valence-corrected chi connectivity index (χ3v) is 5.42. The van der Waals surface area contributed by atoms with Gasteiger partial charge in [0.25, 0.3) is 0 Å². The number of aliphatic carboxylic acids is 1. The SMILES string of the molecule is CCc1nc2sc(CC(=O)O)c(-c3ccc(C(C)C)cc3)n2c1C. The number of aryl methyl sites for hydroxylation is 2. The minimum atomic E-state index is -0.812. The van der Waals surface area contributed by atoms with Crippen LogP contribution in [-0.4, -0.2) is 20.5 Å². The van der Waals surface area contributed by atoms with E-state index in [1.54, 1.807) is 0 Å². The fourth-order valence-electron chi connectivity index (χ4n) is 3.04. The first-order valence-electron chi connectivity index (χ1n) is 8.24. The first-order chi connectivity index (χ1) is 11.4. The van der Waals surface area contributed by atoms with Gasteiger partial charge in [-0.1, -0.05) is 45.0 Å². The average Bonchev–Trinajstić information content (AvgIpc) is 3.03. The number of hydrogen-bond acceptors (Lipinski definition) is 3. The molecule has 1 aromatic carbocycles. The summed E-state index contributed by atoms with van der Waals surface area (Å²) >= 11 is 1.48. The van der Waals surface area contributed by atoms with Crippen LogP contribution in [0.1, 0.15) is 48.5 Å². The molecular weight excluding hydrogens is 320 g/mol. The van der Waals surface area contributed by atoms with Gasteiger partial charge in [0.2, 0.25) is 0 Å². The van der Waals surface area contributed by atoms with E-state index in [9.17, 15) is 9.90 Å². The molecule has 0 radical (unpaired) electrons. The molecule has 0 saturated carbocycles. The molecule has 3 aromatic rings. The largest absolute Gasteiger partial charge is 0.481 e. The molecule has 126 valence electrons. The summed E-state index contributed by atoms with van der Waals surface area (Å²) in [5, 5.41) is 9.26. The Balaban J connectivity index is 2.22. The number of fused-ring (bicyclic) bond motifs is 1. The number of carboxylic acid groups (broad SMARTS) is 1. The van der Waals surface area contributed by atoms with Gasteiger partial charge < -0.3 is 5.11 Å². The molecule has 5 heteroatoms. The molecule has 1 N–H and O–H groups in total. The summed E-state index contributed by atoms with van der Waals surface area (Å²) in [4.78, 5) is 17.7. The van der Waals surface area contributed by atoms with E-state index in [1.807, 2.05) is 0 Å². The lowest BCUT2D eigenvalue weighted by atomic mass is 10.0. The maximum absolute atomic E-state index is 11.3. The van der Waals surface area contributed by atoms with Crippen molar-refractivity contribution in [1.29, 1.82) is 0 Å². The lowest BCUT2D eigenvalue weighted by Crippen LogP contribution is -2.01. The van der Waals surface area contributed by atoms with Gasteiger partial charge in [-0.2, -0.15) is 0 Å². The minimum Gasteiger partial charge on any atom is -0.481 e. The zero-order valence-corrected chi connectivity index (χ0v) is 15.3. The molecule has 2 aromatic heterocycles. The first-order valence-corrected chi connectivity index (χ1v) is 9.05.